The predicted molar refractivity (Wildman–Crippen MR) is 89.3 cm³/mol. The zero-order chi connectivity index (χ0) is 32.9. The fourth-order valence-electron chi connectivity index (χ4n) is 0.175. The van der Waals surface area contributed by atoms with E-state index in [0.29, 0.717) is 0 Å². The number of carbonyl (C=O) groups is 1. The van der Waals surface area contributed by atoms with Crippen molar-refractivity contribution >= 4 is 49.5 Å². The van der Waals surface area contributed by atoms with Crippen LogP contribution in [-0.2, 0) is 4.79 Å². The van der Waals surface area contributed by atoms with Crippen LogP contribution in [0.1, 0.15) is 21.7 Å². The van der Waals surface area contributed by atoms with E-state index in [0.717, 1.165) is 6.42 Å². The fourth-order valence-corrected chi connectivity index (χ4v) is 0.175. The summed E-state index contributed by atoms with van der Waals surface area (Å²) in [6.45, 7) is 3.56. The van der Waals surface area contributed by atoms with E-state index in [9.17, 15) is 108 Å². The van der Waals surface area contributed by atoms with Gasteiger partial charge in [-0.15, -0.1) is 0 Å². The quantitative estimate of drug-likeness (QED) is 0.294. The molecule has 0 aliphatic carbocycles. The molecule has 1 N–H and O–H groups in total. The second-order valence-electron chi connectivity index (χ2n) is 4.62. The molecule has 0 spiro atoms. The second kappa shape index (κ2) is 25.2. The Morgan fingerprint density at radius 3 is 0.579 bits per heavy atom. The first-order valence-corrected chi connectivity index (χ1v) is 7.65. The molecule has 0 rings (SSSR count). The molecule has 0 saturated heterocycles. The Balaban J connectivity index is -0.0000000383. The average molecular weight is 647 g/mol. The zero-order valence-electron chi connectivity index (χ0n) is 19.2. The van der Waals surface area contributed by atoms with Gasteiger partial charge in [-0.25, -0.2) is 0 Å². The van der Waals surface area contributed by atoms with Crippen LogP contribution in [0.3, 0.4) is 0 Å². The van der Waals surface area contributed by atoms with Gasteiger partial charge in [0.15, 0.2) is 0 Å². The van der Waals surface area contributed by atoms with Crippen molar-refractivity contribution in [3.8, 4) is 0 Å². The second-order valence-corrected chi connectivity index (χ2v) is 4.62. The van der Waals surface area contributed by atoms with Crippen molar-refractivity contribution in [2.75, 3.05) is 0 Å². The Bertz CT molecular complexity index is 385. The number of rotatable bonds is 2. The van der Waals surface area contributed by atoms with E-state index in [4.69, 9.17) is 5.11 Å². The number of halogens is 24. The van der Waals surface area contributed by atoms with Crippen molar-refractivity contribution in [1.82, 2.24) is 0 Å². The Labute approximate surface area is 220 Å². The van der Waals surface area contributed by atoms with Gasteiger partial charge < -0.3 is 110 Å². The molecule has 0 bridgehead atoms. The first-order chi connectivity index (χ1) is 15.2. The molecule has 1 atom stereocenters. The largest absolute Gasteiger partial charge is 1.00 e. The van der Waals surface area contributed by atoms with Crippen LogP contribution in [-0.4, -0.2) is 54.6 Å². The summed E-state index contributed by atoms with van der Waals surface area (Å²) in [5.74, 6) is -0.887. The average Bonchev–Trinajstić information content (AvgIpc) is 2.34. The van der Waals surface area contributed by atoms with E-state index >= 15 is 0 Å². The maximum Gasteiger partial charge on any atom is 1.00 e. The monoisotopic (exact) mass is 648 g/mol. The molecular weight excluding hydrogens is 636 g/mol. The van der Waals surface area contributed by atoms with E-state index in [1.807, 2.05) is 6.92 Å². The van der Waals surface area contributed by atoms with Crippen LogP contribution in [0.15, 0.2) is 0 Å². The summed E-state index contributed by atoms with van der Waals surface area (Å²) in [4.78, 5) is 9.93. The smallest absolute Gasteiger partial charge is 1.00 e. The van der Waals surface area contributed by atoms with Gasteiger partial charge in [-0.2, -0.15) is 0 Å². The van der Waals surface area contributed by atoms with Gasteiger partial charge in [-0.1, -0.05) is 13.8 Å². The summed E-state index contributed by atoms with van der Waals surface area (Å²) in [5.41, 5.74) is 0. The first kappa shape index (κ1) is 57.2. The first-order valence-electron chi connectivity index (χ1n) is 7.65. The Morgan fingerprint density at radius 2 is 0.579 bits per heavy atom. The minimum atomic E-state index is -6.00. The molecule has 0 radical (unpaired) electrons. The van der Waals surface area contributed by atoms with E-state index in [2.05, 4.69) is 0 Å². The van der Waals surface area contributed by atoms with E-state index in [-0.39, 0.29) is 36.9 Å². The summed E-state index contributed by atoms with van der Waals surface area (Å²) in [7, 11) is -36.0. The molecule has 38 heavy (non-hydrogen) atoms. The van der Waals surface area contributed by atoms with Crippen molar-refractivity contribution in [3.63, 3.8) is 0 Å². The molecule has 0 aliphatic rings. The molecule has 0 aromatic heterocycles. The Morgan fingerprint density at radius 1 is 0.500 bits per heavy atom. The topological polar surface area (TPSA) is 37.3 Å². The molecular formula is C5H11B6F24NaO2-6. The van der Waals surface area contributed by atoms with Crippen LogP contribution in [0.2, 0.25) is 0 Å². The van der Waals surface area contributed by atoms with Gasteiger partial charge in [0.05, 0.1) is 5.92 Å². The molecule has 0 aromatic rings. The van der Waals surface area contributed by atoms with Gasteiger partial charge >= 0.3 is 79.1 Å². The normalized spacial score (nSPS) is 11.9. The van der Waals surface area contributed by atoms with Crippen LogP contribution in [0.4, 0.5) is 104 Å². The number of hydrogen-bond acceptors (Lipinski definition) is 1. The molecule has 0 aliphatic heterocycles. The van der Waals surface area contributed by atoms with Crippen LogP contribution < -0.4 is 29.6 Å². The molecule has 2 nitrogen and oxygen atoms in total. The van der Waals surface area contributed by atoms with Crippen LogP contribution in [0.25, 0.3) is 0 Å². The van der Waals surface area contributed by atoms with Gasteiger partial charge in [0.1, 0.15) is 0 Å². The molecule has 33 heteroatoms. The Hall–Kier alpha value is -0.820. The van der Waals surface area contributed by atoms with Gasteiger partial charge in [0.2, 0.25) is 0 Å². The Kier molecular flexibility index (Phi) is 37.9. The SMILES string of the molecule is CCC(C)C(=O)O.F[B-](F)(F)F.F[B-](F)(F)F.F[B-](F)(F)F.F[B-](F)(F)F.F[B-](F)(F)F.F[B-](F)(F)F.[H-].[Na+]. The third-order valence-corrected chi connectivity index (χ3v) is 1.03. The number of carboxylic acid groups (broad SMARTS) is 1. The third kappa shape index (κ3) is 1530. The standard InChI is InChI=1S/C5H10O2.6BF4.Na.H/c1-3-4(2)5(6)7;6*2-1(3,4)5;;/h4H,3H2,1-2H3,(H,6,7);;;;;;;;/q;6*-1;+1;-1. The molecule has 0 saturated carbocycles. The van der Waals surface area contributed by atoms with Gasteiger partial charge in [0.25, 0.3) is 0 Å². The van der Waals surface area contributed by atoms with E-state index < -0.39 is 49.5 Å². The van der Waals surface area contributed by atoms with Crippen LogP contribution >= 0.6 is 0 Å². The molecule has 0 aromatic carbocycles. The minimum Gasteiger partial charge on any atom is -1.00 e. The maximum atomic E-state index is 9.93. The van der Waals surface area contributed by atoms with Gasteiger partial charge in [-0.05, 0) is 6.42 Å². The van der Waals surface area contributed by atoms with Gasteiger partial charge in [0, 0.05) is 0 Å². The van der Waals surface area contributed by atoms with Crippen LogP contribution in [0, 0.1) is 5.92 Å². The molecule has 0 amide bonds. The fraction of sp³-hybridized carbons (Fsp3) is 0.800. The summed E-state index contributed by atoms with van der Waals surface area (Å²) >= 11 is 0. The summed E-state index contributed by atoms with van der Waals surface area (Å²) < 4.78 is 234. The number of carboxylic acids is 1. The summed E-state index contributed by atoms with van der Waals surface area (Å²) in [6.07, 6.45) is 0.718. The molecule has 0 fully saturated rings. The van der Waals surface area contributed by atoms with Crippen molar-refractivity contribution in [1.29, 1.82) is 0 Å². The zero-order valence-corrected chi connectivity index (χ0v) is 20.2. The maximum absolute atomic E-state index is 9.93. The van der Waals surface area contributed by atoms with Gasteiger partial charge in [-0.3, -0.25) is 4.79 Å². The number of aliphatic carboxylic acids is 1. The minimum absolute atomic E-state index is 0. The molecule has 0 heterocycles. The third-order valence-electron chi connectivity index (χ3n) is 1.03. The molecule has 236 valence electrons. The van der Waals surface area contributed by atoms with E-state index in [1.165, 1.54) is 0 Å². The number of hydrogen-bond donors (Lipinski definition) is 1. The van der Waals surface area contributed by atoms with Crippen molar-refractivity contribution in [2.45, 2.75) is 20.3 Å². The van der Waals surface area contributed by atoms with Crippen molar-refractivity contribution in [3.05, 3.63) is 0 Å². The summed E-state index contributed by atoms with van der Waals surface area (Å²) in [5, 5.41) is 8.18. The van der Waals surface area contributed by atoms with Crippen molar-refractivity contribution < 1.29 is 144 Å². The van der Waals surface area contributed by atoms with Crippen molar-refractivity contribution in [2.24, 2.45) is 5.92 Å². The molecule has 1 unspecified atom stereocenters. The predicted octanol–water partition coefficient (Wildman–Crippen LogP) is 6.03. The summed E-state index contributed by atoms with van der Waals surface area (Å²) in [6, 6.07) is 0. The van der Waals surface area contributed by atoms with Crippen LogP contribution in [0.5, 0.6) is 0 Å². The van der Waals surface area contributed by atoms with E-state index in [1.54, 1.807) is 6.92 Å².